The third-order valence-electron chi connectivity index (χ3n) is 3.56. The average molecular weight is 379 g/mol. The Hall–Kier alpha value is -2.77. The Kier molecular flexibility index (Phi) is 6.82. The molecule has 0 aliphatic heterocycles. The molecule has 0 saturated heterocycles. The van der Waals surface area contributed by atoms with Gasteiger partial charge in [0.2, 0.25) is 0 Å². The van der Waals surface area contributed by atoms with Crippen molar-refractivity contribution in [2.45, 2.75) is 6.10 Å². The van der Waals surface area contributed by atoms with Crippen molar-refractivity contribution < 1.29 is 24.2 Å². The second-order valence-corrected chi connectivity index (χ2v) is 5.74. The molecular formula is C18H19ClN2O5. The first-order chi connectivity index (χ1) is 12.4. The molecule has 2 rings (SSSR count). The molecule has 0 fully saturated rings. The van der Waals surface area contributed by atoms with E-state index in [1.807, 2.05) is 0 Å². The third kappa shape index (κ3) is 5.11. The van der Waals surface area contributed by atoms with Gasteiger partial charge in [-0.3, -0.25) is 9.59 Å². The van der Waals surface area contributed by atoms with Crippen LogP contribution in [0.4, 0.5) is 5.69 Å². The second-order valence-electron chi connectivity index (χ2n) is 5.30. The summed E-state index contributed by atoms with van der Waals surface area (Å²) in [6.45, 7) is -0.137. The zero-order chi connectivity index (χ0) is 19.1. The molecule has 26 heavy (non-hydrogen) atoms. The van der Waals surface area contributed by atoms with Gasteiger partial charge in [0.1, 0.15) is 0 Å². The first-order valence-corrected chi connectivity index (χ1v) is 8.07. The van der Waals surface area contributed by atoms with E-state index >= 15 is 0 Å². The van der Waals surface area contributed by atoms with E-state index in [0.29, 0.717) is 27.8 Å². The molecule has 0 aliphatic rings. The molecule has 0 saturated carbocycles. The van der Waals surface area contributed by atoms with Gasteiger partial charge >= 0.3 is 11.8 Å². The molecule has 2 amide bonds. The van der Waals surface area contributed by atoms with E-state index in [4.69, 9.17) is 21.1 Å². The lowest BCUT2D eigenvalue weighted by molar-refractivity contribution is -0.136. The maximum Gasteiger partial charge on any atom is 0.313 e. The molecule has 2 aromatic carbocycles. The molecule has 3 N–H and O–H groups in total. The maximum atomic E-state index is 11.9. The Labute approximate surface area is 155 Å². The zero-order valence-corrected chi connectivity index (χ0v) is 15.0. The summed E-state index contributed by atoms with van der Waals surface area (Å²) in [5, 5.41) is 15.5. The molecule has 0 spiro atoms. The molecule has 138 valence electrons. The number of anilines is 1. The van der Waals surface area contributed by atoms with Gasteiger partial charge in [-0.1, -0.05) is 17.7 Å². The van der Waals surface area contributed by atoms with Crippen LogP contribution in [-0.2, 0) is 9.59 Å². The number of nitrogens with one attached hydrogen (secondary N) is 2. The largest absolute Gasteiger partial charge is 0.493 e. The van der Waals surface area contributed by atoms with E-state index in [0.717, 1.165) is 0 Å². The number of hydrogen-bond acceptors (Lipinski definition) is 5. The lowest BCUT2D eigenvalue weighted by atomic mass is 10.1. The minimum absolute atomic E-state index is 0.137. The van der Waals surface area contributed by atoms with Crippen molar-refractivity contribution in [3.05, 3.63) is 53.1 Å². The zero-order valence-electron chi connectivity index (χ0n) is 14.3. The van der Waals surface area contributed by atoms with E-state index in [1.165, 1.54) is 14.2 Å². The molecule has 0 aliphatic carbocycles. The molecule has 7 nitrogen and oxygen atoms in total. The monoisotopic (exact) mass is 378 g/mol. The van der Waals surface area contributed by atoms with Crippen LogP contribution in [0.2, 0.25) is 5.02 Å². The van der Waals surface area contributed by atoms with Crippen LogP contribution in [-0.4, -0.2) is 37.7 Å². The Morgan fingerprint density at radius 3 is 2.31 bits per heavy atom. The molecule has 2 aromatic rings. The topological polar surface area (TPSA) is 96.9 Å². The predicted octanol–water partition coefficient (Wildman–Crippen LogP) is 2.15. The van der Waals surface area contributed by atoms with Crippen molar-refractivity contribution in [2.75, 3.05) is 26.1 Å². The first kappa shape index (κ1) is 19.6. The summed E-state index contributed by atoms with van der Waals surface area (Å²) in [6, 6.07) is 11.2. The van der Waals surface area contributed by atoms with Crippen LogP contribution < -0.4 is 20.1 Å². The maximum absolute atomic E-state index is 11.9. The molecular weight excluding hydrogens is 360 g/mol. The van der Waals surface area contributed by atoms with Crippen molar-refractivity contribution in [2.24, 2.45) is 0 Å². The highest BCUT2D eigenvalue weighted by atomic mass is 35.5. The quantitative estimate of drug-likeness (QED) is 0.669. The number of rotatable bonds is 6. The fraction of sp³-hybridized carbons (Fsp3) is 0.222. The van der Waals surface area contributed by atoms with Crippen LogP contribution >= 0.6 is 11.6 Å². The average Bonchev–Trinajstić information content (AvgIpc) is 2.66. The third-order valence-corrected chi connectivity index (χ3v) is 3.81. The molecule has 0 heterocycles. The summed E-state index contributed by atoms with van der Waals surface area (Å²) in [7, 11) is 2.99. The van der Waals surface area contributed by atoms with Crippen molar-refractivity contribution >= 4 is 29.1 Å². The van der Waals surface area contributed by atoms with Gasteiger partial charge in [0.05, 0.1) is 20.3 Å². The van der Waals surface area contributed by atoms with Crippen molar-refractivity contribution in [1.29, 1.82) is 0 Å². The number of methoxy groups -OCH3 is 2. The summed E-state index contributed by atoms with van der Waals surface area (Å²) in [5.74, 6) is -0.725. The van der Waals surface area contributed by atoms with E-state index in [9.17, 15) is 14.7 Å². The Morgan fingerprint density at radius 1 is 1.04 bits per heavy atom. The van der Waals surface area contributed by atoms with E-state index in [2.05, 4.69) is 10.6 Å². The normalized spacial score (nSPS) is 11.4. The summed E-state index contributed by atoms with van der Waals surface area (Å²) in [4.78, 5) is 23.7. The number of benzene rings is 2. The van der Waals surface area contributed by atoms with Crippen LogP contribution in [0.3, 0.4) is 0 Å². The van der Waals surface area contributed by atoms with Gasteiger partial charge in [-0.05, 0) is 42.0 Å². The predicted molar refractivity (Wildman–Crippen MR) is 97.6 cm³/mol. The van der Waals surface area contributed by atoms with Crippen LogP contribution in [0.5, 0.6) is 11.5 Å². The minimum Gasteiger partial charge on any atom is -0.493 e. The summed E-state index contributed by atoms with van der Waals surface area (Å²) in [6.07, 6.45) is -1.01. The van der Waals surface area contributed by atoms with E-state index < -0.39 is 17.9 Å². The molecule has 1 unspecified atom stereocenters. The van der Waals surface area contributed by atoms with Crippen LogP contribution in [0, 0.1) is 0 Å². The molecule has 0 bridgehead atoms. The van der Waals surface area contributed by atoms with Crippen molar-refractivity contribution in [1.82, 2.24) is 5.32 Å². The molecule has 8 heteroatoms. The number of aliphatic hydroxyl groups excluding tert-OH is 1. The van der Waals surface area contributed by atoms with Gasteiger partial charge in [0.15, 0.2) is 11.5 Å². The van der Waals surface area contributed by atoms with Gasteiger partial charge in [-0.15, -0.1) is 0 Å². The van der Waals surface area contributed by atoms with Crippen LogP contribution in [0.15, 0.2) is 42.5 Å². The highest BCUT2D eigenvalue weighted by Gasteiger charge is 2.17. The molecule has 1 atom stereocenters. The highest BCUT2D eigenvalue weighted by molar-refractivity contribution is 6.39. The molecule has 0 aromatic heterocycles. The number of carbonyl (C=O) groups is 2. The van der Waals surface area contributed by atoms with Crippen molar-refractivity contribution in [3.8, 4) is 11.5 Å². The highest BCUT2D eigenvalue weighted by Crippen LogP contribution is 2.29. The van der Waals surface area contributed by atoms with E-state index in [-0.39, 0.29) is 6.54 Å². The van der Waals surface area contributed by atoms with Gasteiger partial charge in [-0.2, -0.15) is 0 Å². The second kappa shape index (κ2) is 9.07. The number of aliphatic hydroxyl groups is 1. The standard InChI is InChI=1S/C18H19ClN2O5/c1-25-15-8-3-11(9-16(15)26-2)14(22)10-20-17(23)18(24)21-13-6-4-12(19)5-7-13/h3-9,14,22H,10H2,1-2H3,(H,20,23)(H,21,24). The van der Waals surface area contributed by atoms with Gasteiger partial charge in [-0.25, -0.2) is 0 Å². The van der Waals surface area contributed by atoms with Gasteiger partial charge in [0.25, 0.3) is 0 Å². The summed E-state index contributed by atoms with van der Waals surface area (Å²) < 4.78 is 10.3. The Morgan fingerprint density at radius 2 is 1.69 bits per heavy atom. The van der Waals surface area contributed by atoms with Gasteiger partial charge in [0, 0.05) is 17.3 Å². The smallest absolute Gasteiger partial charge is 0.313 e. The Bertz CT molecular complexity index is 780. The molecule has 0 radical (unpaired) electrons. The number of amides is 2. The number of halogens is 1. The summed E-state index contributed by atoms with van der Waals surface area (Å²) >= 11 is 5.76. The van der Waals surface area contributed by atoms with Crippen LogP contribution in [0.25, 0.3) is 0 Å². The number of ether oxygens (including phenoxy) is 2. The number of carbonyl (C=O) groups excluding carboxylic acids is 2. The fourth-order valence-corrected chi connectivity index (χ4v) is 2.29. The summed E-state index contributed by atoms with van der Waals surface area (Å²) in [5.41, 5.74) is 0.955. The van der Waals surface area contributed by atoms with Gasteiger partial charge < -0.3 is 25.2 Å². The minimum atomic E-state index is -1.01. The van der Waals surface area contributed by atoms with E-state index in [1.54, 1.807) is 42.5 Å². The van der Waals surface area contributed by atoms with Crippen molar-refractivity contribution in [3.63, 3.8) is 0 Å². The number of hydrogen-bond donors (Lipinski definition) is 3. The van der Waals surface area contributed by atoms with Crippen LogP contribution in [0.1, 0.15) is 11.7 Å². The lowest BCUT2D eigenvalue weighted by Gasteiger charge is -2.15. The first-order valence-electron chi connectivity index (χ1n) is 7.69. The Balaban J connectivity index is 1.91. The fourth-order valence-electron chi connectivity index (χ4n) is 2.17. The lowest BCUT2D eigenvalue weighted by Crippen LogP contribution is -2.37. The SMILES string of the molecule is COc1ccc(C(O)CNC(=O)C(=O)Nc2ccc(Cl)cc2)cc1OC.